The van der Waals surface area contributed by atoms with Crippen LogP contribution in [0.5, 0.6) is 0 Å². The molecule has 2 amide bonds. The molecule has 4 rings (SSSR count). The highest BCUT2D eigenvalue weighted by Gasteiger charge is 2.36. The van der Waals surface area contributed by atoms with Crippen molar-refractivity contribution < 1.29 is 18.8 Å². The van der Waals surface area contributed by atoms with Crippen LogP contribution in [0, 0.1) is 5.82 Å². The molecule has 1 aliphatic rings. The van der Waals surface area contributed by atoms with E-state index in [1.54, 1.807) is 48.5 Å². The van der Waals surface area contributed by atoms with Crippen molar-refractivity contribution in [2.45, 2.75) is 51.1 Å². The van der Waals surface area contributed by atoms with Gasteiger partial charge in [-0.25, -0.2) is 4.39 Å². The zero-order valence-corrected chi connectivity index (χ0v) is 19.6. The number of hydrogen-bond acceptors (Lipinski definition) is 4. The molecule has 0 bridgehead atoms. The Morgan fingerprint density at radius 3 is 2.40 bits per heavy atom. The Balaban J connectivity index is 1.85. The summed E-state index contributed by atoms with van der Waals surface area (Å²) in [7, 11) is 0. The topological polar surface area (TPSA) is 79.4 Å². The minimum absolute atomic E-state index is 0.0409. The molecule has 1 unspecified atom stereocenters. The fourth-order valence-electron chi connectivity index (χ4n) is 4.49. The number of hydrogen-bond donors (Lipinski definition) is 1. The van der Waals surface area contributed by atoms with Gasteiger partial charge in [0.15, 0.2) is 5.78 Å². The Labute approximate surface area is 204 Å². The zero-order chi connectivity index (χ0) is 24.8. The minimum Gasteiger partial charge on any atom is -0.351 e. The standard InChI is InChI=1S/C28H28FN3O3/c1-19(33)20-10-9-13-22(18-20)32(28(35)25-16-7-8-17-30-25)26(23-14-5-6-15-24(23)29)27(34)31-21-11-3-2-4-12-21/h5-10,13-18,21,26H,2-4,11-12H2,1H3,(H,31,34). The van der Waals surface area contributed by atoms with Gasteiger partial charge in [-0.3, -0.25) is 24.3 Å². The number of nitrogens with zero attached hydrogens (tertiary/aromatic N) is 2. The number of halogens is 1. The first-order chi connectivity index (χ1) is 17.0. The van der Waals surface area contributed by atoms with Crippen LogP contribution in [0.3, 0.4) is 0 Å². The monoisotopic (exact) mass is 473 g/mol. The van der Waals surface area contributed by atoms with Crippen LogP contribution < -0.4 is 10.2 Å². The molecule has 35 heavy (non-hydrogen) atoms. The van der Waals surface area contributed by atoms with Crippen LogP contribution in [-0.2, 0) is 4.79 Å². The molecular weight excluding hydrogens is 445 g/mol. The van der Waals surface area contributed by atoms with Crippen molar-refractivity contribution in [1.29, 1.82) is 0 Å². The molecule has 7 heteroatoms. The van der Waals surface area contributed by atoms with E-state index in [4.69, 9.17) is 0 Å². The second-order valence-corrected chi connectivity index (χ2v) is 8.76. The van der Waals surface area contributed by atoms with Crippen LogP contribution >= 0.6 is 0 Å². The predicted octanol–water partition coefficient (Wildman–Crippen LogP) is 5.26. The molecule has 1 fully saturated rings. The lowest BCUT2D eigenvalue weighted by Gasteiger charge is -2.33. The summed E-state index contributed by atoms with van der Waals surface area (Å²) in [6.45, 7) is 1.42. The Morgan fingerprint density at radius 2 is 1.71 bits per heavy atom. The molecule has 0 spiro atoms. The molecule has 3 aromatic rings. The van der Waals surface area contributed by atoms with Crippen molar-refractivity contribution in [1.82, 2.24) is 10.3 Å². The van der Waals surface area contributed by atoms with Gasteiger partial charge >= 0.3 is 0 Å². The zero-order valence-electron chi connectivity index (χ0n) is 19.6. The molecule has 1 saturated carbocycles. The average molecular weight is 474 g/mol. The maximum Gasteiger partial charge on any atom is 0.277 e. The Kier molecular flexibility index (Phi) is 7.65. The van der Waals surface area contributed by atoms with Gasteiger partial charge in [0, 0.05) is 29.1 Å². The highest BCUT2D eigenvalue weighted by Crippen LogP contribution is 2.32. The molecule has 1 N–H and O–H groups in total. The molecule has 0 saturated heterocycles. The summed E-state index contributed by atoms with van der Waals surface area (Å²) < 4.78 is 15.1. The second kappa shape index (κ2) is 11.0. The lowest BCUT2D eigenvalue weighted by atomic mass is 9.94. The first kappa shape index (κ1) is 24.3. The summed E-state index contributed by atoms with van der Waals surface area (Å²) in [4.78, 5) is 45.1. The van der Waals surface area contributed by atoms with Crippen molar-refractivity contribution in [3.63, 3.8) is 0 Å². The molecule has 6 nitrogen and oxygen atoms in total. The van der Waals surface area contributed by atoms with E-state index in [2.05, 4.69) is 10.3 Å². The molecule has 1 aliphatic carbocycles. The van der Waals surface area contributed by atoms with Crippen LogP contribution in [0.2, 0.25) is 0 Å². The lowest BCUT2D eigenvalue weighted by Crippen LogP contribution is -2.47. The summed E-state index contributed by atoms with van der Waals surface area (Å²) in [6, 6.07) is 16.0. The largest absolute Gasteiger partial charge is 0.351 e. The van der Waals surface area contributed by atoms with Crippen LogP contribution in [0.25, 0.3) is 0 Å². The van der Waals surface area contributed by atoms with E-state index in [1.807, 2.05) is 0 Å². The maximum atomic E-state index is 15.1. The van der Waals surface area contributed by atoms with E-state index >= 15 is 4.39 Å². The molecule has 180 valence electrons. The van der Waals surface area contributed by atoms with Crippen LogP contribution in [0.15, 0.2) is 72.9 Å². The number of benzene rings is 2. The van der Waals surface area contributed by atoms with Crippen molar-refractivity contribution in [2.24, 2.45) is 0 Å². The summed E-state index contributed by atoms with van der Waals surface area (Å²) >= 11 is 0. The third kappa shape index (κ3) is 5.62. The van der Waals surface area contributed by atoms with Gasteiger partial charge in [0.05, 0.1) is 0 Å². The normalized spacial score (nSPS) is 14.7. The highest BCUT2D eigenvalue weighted by atomic mass is 19.1. The van der Waals surface area contributed by atoms with Crippen molar-refractivity contribution >= 4 is 23.3 Å². The summed E-state index contributed by atoms with van der Waals surface area (Å²) in [5.41, 5.74) is 0.854. The van der Waals surface area contributed by atoms with Crippen LogP contribution in [0.1, 0.15) is 71.5 Å². The Morgan fingerprint density at radius 1 is 0.971 bits per heavy atom. The number of carbonyl (C=O) groups is 3. The first-order valence-corrected chi connectivity index (χ1v) is 11.9. The fourth-order valence-corrected chi connectivity index (χ4v) is 4.49. The number of rotatable bonds is 7. The molecule has 2 aromatic carbocycles. The fraction of sp³-hybridized carbons (Fsp3) is 0.286. The summed E-state index contributed by atoms with van der Waals surface area (Å²) in [6.07, 6.45) is 6.29. The van der Waals surface area contributed by atoms with E-state index in [1.165, 1.54) is 36.2 Å². The molecular formula is C28H28FN3O3. The number of nitrogens with one attached hydrogen (secondary N) is 1. The molecule has 0 radical (unpaired) electrons. The van der Waals surface area contributed by atoms with Gasteiger partial charge in [-0.1, -0.05) is 55.7 Å². The molecule has 1 heterocycles. The molecule has 1 atom stereocenters. The second-order valence-electron chi connectivity index (χ2n) is 8.76. The number of ketones is 1. The highest BCUT2D eigenvalue weighted by molar-refractivity contribution is 6.09. The average Bonchev–Trinajstić information content (AvgIpc) is 2.88. The van der Waals surface area contributed by atoms with Gasteiger partial charge in [-0.05, 0) is 50.1 Å². The van der Waals surface area contributed by atoms with Gasteiger partial charge < -0.3 is 5.32 Å². The van der Waals surface area contributed by atoms with E-state index < -0.39 is 23.7 Å². The quantitative estimate of drug-likeness (QED) is 0.475. The lowest BCUT2D eigenvalue weighted by molar-refractivity contribution is -0.123. The van der Waals surface area contributed by atoms with Gasteiger partial charge in [-0.15, -0.1) is 0 Å². The van der Waals surface area contributed by atoms with Gasteiger partial charge in [0.2, 0.25) is 5.91 Å². The Hall–Kier alpha value is -3.87. The number of carbonyl (C=O) groups excluding carboxylic acids is 3. The Bertz CT molecular complexity index is 1210. The SMILES string of the molecule is CC(=O)c1cccc(N(C(=O)c2ccccn2)C(C(=O)NC2CCCCC2)c2ccccc2F)c1. The number of anilines is 1. The van der Waals surface area contributed by atoms with Crippen molar-refractivity contribution in [2.75, 3.05) is 4.90 Å². The number of amides is 2. The first-order valence-electron chi connectivity index (χ1n) is 11.9. The van der Waals surface area contributed by atoms with Crippen molar-refractivity contribution in [3.05, 3.63) is 95.6 Å². The number of aromatic nitrogens is 1. The van der Waals surface area contributed by atoms with Gasteiger partial charge in [-0.2, -0.15) is 0 Å². The molecule has 0 aliphatic heterocycles. The van der Waals surface area contributed by atoms with Gasteiger partial charge in [0.25, 0.3) is 5.91 Å². The third-order valence-electron chi connectivity index (χ3n) is 6.29. The van der Waals surface area contributed by atoms with Crippen LogP contribution in [0.4, 0.5) is 10.1 Å². The number of Topliss-reactive ketones (excluding diaryl/α,β-unsaturated/α-hetero) is 1. The predicted molar refractivity (Wildman–Crippen MR) is 132 cm³/mol. The van der Waals surface area contributed by atoms with E-state index in [0.29, 0.717) is 11.3 Å². The minimum atomic E-state index is -1.30. The van der Waals surface area contributed by atoms with Gasteiger partial charge in [0.1, 0.15) is 17.6 Å². The van der Waals surface area contributed by atoms with Crippen molar-refractivity contribution in [3.8, 4) is 0 Å². The van der Waals surface area contributed by atoms with E-state index in [-0.39, 0.29) is 23.1 Å². The van der Waals surface area contributed by atoms with E-state index in [9.17, 15) is 14.4 Å². The smallest absolute Gasteiger partial charge is 0.277 e. The molecule has 1 aromatic heterocycles. The summed E-state index contributed by atoms with van der Waals surface area (Å²) in [5, 5.41) is 3.05. The van der Waals surface area contributed by atoms with E-state index in [0.717, 1.165) is 32.1 Å². The number of pyridine rings is 1. The third-order valence-corrected chi connectivity index (χ3v) is 6.29. The van der Waals surface area contributed by atoms with Crippen LogP contribution in [-0.4, -0.2) is 28.6 Å². The summed E-state index contributed by atoms with van der Waals surface area (Å²) in [5.74, 6) is -1.83. The maximum absolute atomic E-state index is 15.1.